The van der Waals surface area contributed by atoms with Gasteiger partial charge in [0.1, 0.15) is 17.4 Å². The molecule has 3 aromatic rings. The summed E-state index contributed by atoms with van der Waals surface area (Å²) in [7, 11) is 0. The maximum atomic E-state index is 13.5. The van der Waals surface area contributed by atoms with Crippen LogP contribution >= 0.6 is 0 Å². The van der Waals surface area contributed by atoms with Gasteiger partial charge in [0, 0.05) is 19.1 Å². The summed E-state index contributed by atoms with van der Waals surface area (Å²) in [4.78, 5) is 2.23. The van der Waals surface area contributed by atoms with E-state index in [2.05, 4.69) is 10.00 Å². The lowest BCUT2D eigenvalue weighted by atomic mass is 10.2. The average Bonchev–Trinajstić information content (AvgIpc) is 3.61. The number of hydrogen-bond acceptors (Lipinski definition) is 5. The first-order valence-electron chi connectivity index (χ1n) is 11.6. The van der Waals surface area contributed by atoms with Crippen molar-refractivity contribution >= 4 is 0 Å². The third kappa shape index (κ3) is 6.20. The SMILES string of the molecule is Cc1nn(-c2ccc(F)cc2)c(Oc2ccc(F)cc2)c1CN(C[C@@H](O)COC(C)C)C1CC1. The Hall–Kier alpha value is -2.81. The molecule has 1 fully saturated rings. The lowest BCUT2D eigenvalue weighted by Gasteiger charge is -2.25. The van der Waals surface area contributed by atoms with Crippen LogP contribution < -0.4 is 4.74 Å². The third-order valence-electron chi connectivity index (χ3n) is 5.73. The molecule has 8 heteroatoms. The molecule has 0 saturated heterocycles. The van der Waals surface area contributed by atoms with Crippen LogP contribution in [-0.4, -0.2) is 51.2 Å². The average molecular weight is 472 g/mol. The first-order chi connectivity index (χ1) is 16.3. The minimum atomic E-state index is -0.614. The van der Waals surface area contributed by atoms with E-state index in [1.807, 2.05) is 20.8 Å². The number of ether oxygens (including phenoxy) is 2. The van der Waals surface area contributed by atoms with Gasteiger partial charge in [-0.3, -0.25) is 4.90 Å². The summed E-state index contributed by atoms with van der Waals surface area (Å²) >= 11 is 0. The Labute approximate surface area is 198 Å². The van der Waals surface area contributed by atoms with Crippen LogP contribution in [0.2, 0.25) is 0 Å². The minimum Gasteiger partial charge on any atom is -0.439 e. The molecule has 1 aliphatic carbocycles. The van der Waals surface area contributed by atoms with Crippen molar-refractivity contribution in [3.05, 3.63) is 71.4 Å². The van der Waals surface area contributed by atoms with Gasteiger partial charge in [-0.25, -0.2) is 13.5 Å². The number of rotatable bonds is 11. The van der Waals surface area contributed by atoms with Crippen LogP contribution in [0.25, 0.3) is 5.69 Å². The molecule has 0 spiro atoms. The van der Waals surface area contributed by atoms with Gasteiger partial charge in [0.15, 0.2) is 0 Å². The number of aliphatic hydroxyl groups is 1. The molecule has 2 aromatic carbocycles. The van der Waals surface area contributed by atoms with E-state index in [1.54, 1.807) is 28.9 Å². The number of nitrogens with zero attached hydrogens (tertiary/aromatic N) is 3. The van der Waals surface area contributed by atoms with Crippen molar-refractivity contribution in [2.45, 2.75) is 58.4 Å². The Morgan fingerprint density at radius 3 is 2.26 bits per heavy atom. The quantitative estimate of drug-likeness (QED) is 0.426. The zero-order chi connectivity index (χ0) is 24.2. The lowest BCUT2D eigenvalue weighted by Crippen LogP contribution is -2.36. The molecular weight excluding hydrogens is 440 g/mol. The molecule has 1 N–H and O–H groups in total. The Bertz CT molecular complexity index is 1080. The standard InChI is InChI=1S/C26H31F2N3O3/c1-17(2)33-16-23(32)14-30(21-10-11-21)15-25-18(3)29-31(22-8-4-19(27)5-9-22)26(25)34-24-12-6-20(28)7-13-24/h4-9,12-13,17,21,23,32H,10-11,14-16H2,1-3H3/t23-/m1/s1. The second-order valence-corrected chi connectivity index (χ2v) is 9.01. The van der Waals surface area contributed by atoms with Gasteiger partial charge in [-0.15, -0.1) is 0 Å². The van der Waals surface area contributed by atoms with E-state index in [0.29, 0.717) is 36.4 Å². The Morgan fingerprint density at radius 2 is 1.68 bits per heavy atom. The highest BCUT2D eigenvalue weighted by molar-refractivity contribution is 5.43. The van der Waals surface area contributed by atoms with Crippen LogP contribution in [0.1, 0.15) is 37.9 Å². The monoisotopic (exact) mass is 471 g/mol. The molecule has 1 saturated carbocycles. The highest BCUT2D eigenvalue weighted by atomic mass is 19.1. The minimum absolute atomic E-state index is 0.0518. The van der Waals surface area contributed by atoms with Gasteiger partial charge in [-0.2, -0.15) is 5.10 Å². The normalized spacial score (nSPS) is 14.7. The van der Waals surface area contributed by atoms with Crippen molar-refractivity contribution in [2.24, 2.45) is 0 Å². The second kappa shape index (κ2) is 10.6. The summed E-state index contributed by atoms with van der Waals surface area (Å²) < 4.78 is 40.4. The van der Waals surface area contributed by atoms with E-state index >= 15 is 0 Å². The van der Waals surface area contributed by atoms with Crippen molar-refractivity contribution in [3.63, 3.8) is 0 Å². The summed E-state index contributed by atoms with van der Waals surface area (Å²) in [5.41, 5.74) is 2.27. The molecule has 0 amide bonds. The van der Waals surface area contributed by atoms with Crippen molar-refractivity contribution in [3.8, 4) is 17.3 Å². The summed E-state index contributed by atoms with van der Waals surface area (Å²) in [6, 6.07) is 12.2. The van der Waals surface area contributed by atoms with E-state index in [1.165, 1.54) is 24.3 Å². The van der Waals surface area contributed by atoms with Gasteiger partial charge in [0.05, 0.1) is 35.8 Å². The van der Waals surface area contributed by atoms with Crippen LogP contribution in [-0.2, 0) is 11.3 Å². The fourth-order valence-corrected chi connectivity index (χ4v) is 3.81. The van der Waals surface area contributed by atoms with Gasteiger partial charge in [-0.1, -0.05) is 0 Å². The molecule has 1 aromatic heterocycles. The predicted octanol–water partition coefficient (Wildman–Crippen LogP) is 5.00. The number of benzene rings is 2. The van der Waals surface area contributed by atoms with Crippen molar-refractivity contribution in [1.82, 2.24) is 14.7 Å². The van der Waals surface area contributed by atoms with Crippen molar-refractivity contribution in [2.75, 3.05) is 13.2 Å². The largest absolute Gasteiger partial charge is 0.439 e. The number of halogens is 2. The zero-order valence-electron chi connectivity index (χ0n) is 19.7. The predicted molar refractivity (Wildman–Crippen MR) is 125 cm³/mol. The van der Waals surface area contributed by atoms with Crippen molar-refractivity contribution < 1.29 is 23.4 Å². The maximum absolute atomic E-state index is 13.5. The highest BCUT2D eigenvalue weighted by Gasteiger charge is 2.32. The molecule has 0 bridgehead atoms. The molecule has 6 nitrogen and oxygen atoms in total. The van der Waals surface area contributed by atoms with Crippen LogP contribution in [0.5, 0.6) is 11.6 Å². The number of aliphatic hydroxyl groups excluding tert-OH is 1. The first-order valence-corrected chi connectivity index (χ1v) is 11.6. The topological polar surface area (TPSA) is 59.8 Å². The Kier molecular flexibility index (Phi) is 7.60. The van der Waals surface area contributed by atoms with E-state index in [-0.39, 0.29) is 24.3 Å². The molecule has 0 radical (unpaired) electrons. The van der Waals surface area contributed by atoms with E-state index in [0.717, 1.165) is 24.1 Å². The van der Waals surface area contributed by atoms with Crippen LogP contribution in [0.15, 0.2) is 48.5 Å². The fourth-order valence-electron chi connectivity index (χ4n) is 3.81. The summed E-state index contributed by atoms with van der Waals surface area (Å²) in [5.74, 6) is 0.253. The molecule has 1 heterocycles. The molecule has 4 rings (SSSR count). The zero-order valence-corrected chi connectivity index (χ0v) is 19.7. The summed E-state index contributed by atoms with van der Waals surface area (Å²) in [6.07, 6.45) is 1.57. The summed E-state index contributed by atoms with van der Waals surface area (Å²) in [5, 5.41) is 15.2. The molecule has 0 aliphatic heterocycles. The van der Waals surface area contributed by atoms with Gasteiger partial charge in [0.2, 0.25) is 5.88 Å². The number of aromatic nitrogens is 2. The van der Waals surface area contributed by atoms with Gasteiger partial charge >= 0.3 is 0 Å². The van der Waals surface area contributed by atoms with Crippen LogP contribution in [0.3, 0.4) is 0 Å². The number of hydrogen-bond donors (Lipinski definition) is 1. The van der Waals surface area contributed by atoms with Crippen LogP contribution in [0.4, 0.5) is 8.78 Å². The Balaban J connectivity index is 1.64. The first kappa shape index (κ1) is 24.3. The van der Waals surface area contributed by atoms with E-state index < -0.39 is 6.10 Å². The van der Waals surface area contributed by atoms with E-state index in [9.17, 15) is 13.9 Å². The van der Waals surface area contributed by atoms with Gasteiger partial charge < -0.3 is 14.6 Å². The summed E-state index contributed by atoms with van der Waals surface area (Å²) in [6.45, 7) is 7.04. The molecule has 0 unspecified atom stereocenters. The Morgan fingerprint density at radius 1 is 1.06 bits per heavy atom. The van der Waals surface area contributed by atoms with E-state index in [4.69, 9.17) is 9.47 Å². The van der Waals surface area contributed by atoms with Crippen molar-refractivity contribution in [1.29, 1.82) is 0 Å². The number of aryl methyl sites for hydroxylation is 1. The highest BCUT2D eigenvalue weighted by Crippen LogP contribution is 2.35. The maximum Gasteiger partial charge on any atom is 0.227 e. The fraction of sp³-hybridized carbons (Fsp3) is 0.423. The molecule has 1 aliphatic rings. The van der Waals surface area contributed by atoms with Crippen LogP contribution in [0, 0.1) is 18.6 Å². The van der Waals surface area contributed by atoms with Gasteiger partial charge in [-0.05, 0) is 82.1 Å². The molecule has 1 atom stereocenters. The van der Waals surface area contributed by atoms with Gasteiger partial charge in [0.25, 0.3) is 0 Å². The molecule has 34 heavy (non-hydrogen) atoms. The molecular formula is C26H31F2N3O3. The smallest absolute Gasteiger partial charge is 0.227 e. The lowest BCUT2D eigenvalue weighted by molar-refractivity contribution is -0.0107. The molecule has 182 valence electrons. The third-order valence-corrected chi connectivity index (χ3v) is 5.73. The second-order valence-electron chi connectivity index (χ2n) is 9.01.